The molecule has 3 aromatic heterocycles. The first-order valence-electron chi connectivity index (χ1n) is 5.14. The van der Waals surface area contributed by atoms with E-state index in [-0.39, 0.29) is 0 Å². The van der Waals surface area contributed by atoms with Gasteiger partial charge in [0.15, 0.2) is 11.5 Å². The van der Waals surface area contributed by atoms with E-state index in [1.165, 1.54) is 0 Å². The molecule has 17 heavy (non-hydrogen) atoms. The van der Waals surface area contributed by atoms with Crippen LogP contribution >= 0.6 is 0 Å². The molecule has 3 aromatic rings. The Kier molecular flexibility index (Phi) is 2.01. The van der Waals surface area contributed by atoms with Gasteiger partial charge in [0.05, 0.1) is 17.6 Å². The number of nitrogens with two attached hydrogens (primary N) is 1. The fraction of sp³-hybridized carbons (Fsp3) is 0.0909. The van der Waals surface area contributed by atoms with Crippen molar-refractivity contribution in [1.82, 2.24) is 24.8 Å². The molecule has 0 fully saturated rings. The summed E-state index contributed by atoms with van der Waals surface area (Å²) < 4.78 is 1.68. The molecule has 3 heterocycles. The number of fused-ring (bicyclic) bond motifs is 1. The summed E-state index contributed by atoms with van der Waals surface area (Å²) in [6.07, 6.45) is 3.26. The van der Waals surface area contributed by atoms with Crippen LogP contribution in [-0.2, 0) is 0 Å². The summed E-state index contributed by atoms with van der Waals surface area (Å²) in [5, 5.41) is 12.5. The fourth-order valence-electron chi connectivity index (χ4n) is 1.66. The van der Waals surface area contributed by atoms with Crippen LogP contribution in [0.3, 0.4) is 0 Å². The van der Waals surface area contributed by atoms with Gasteiger partial charge in [-0.2, -0.15) is 9.61 Å². The van der Waals surface area contributed by atoms with E-state index in [9.17, 15) is 0 Å². The molecule has 0 aliphatic rings. The Hall–Kier alpha value is -2.50. The molecule has 0 bridgehead atoms. The molecule has 3 rings (SSSR count). The van der Waals surface area contributed by atoms with Gasteiger partial charge in [0.25, 0.3) is 0 Å². The smallest absolute Gasteiger partial charge is 0.187 e. The van der Waals surface area contributed by atoms with Gasteiger partial charge in [-0.05, 0) is 25.1 Å². The highest BCUT2D eigenvalue weighted by Gasteiger charge is 2.11. The maximum Gasteiger partial charge on any atom is 0.187 e. The lowest BCUT2D eigenvalue weighted by molar-refractivity contribution is 0.902. The quantitative estimate of drug-likeness (QED) is 0.671. The second kappa shape index (κ2) is 3.51. The summed E-state index contributed by atoms with van der Waals surface area (Å²) in [5.41, 5.74) is 8.80. The predicted octanol–water partition coefficient (Wildman–Crippen LogP) is 1.08. The first kappa shape index (κ1) is 9.71. The highest BCUT2D eigenvalue weighted by atomic mass is 15.4. The van der Waals surface area contributed by atoms with Crippen LogP contribution in [0.2, 0.25) is 0 Å². The summed E-state index contributed by atoms with van der Waals surface area (Å²) in [6, 6.07) is 5.57. The van der Waals surface area contributed by atoms with Crippen LogP contribution in [0.5, 0.6) is 0 Å². The SMILES string of the molecule is Cc1ccc2nnc(-c3ccncc3N)n2n1. The molecule has 0 saturated heterocycles. The van der Waals surface area contributed by atoms with Crippen LogP contribution in [0.1, 0.15) is 5.69 Å². The topological polar surface area (TPSA) is 82.0 Å². The highest BCUT2D eigenvalue weighted by Crippen LogP contribution is 2.22. The van der Waals surface area contributed by atoms with Gasteiger partial charge in [0, 0.05) is 11.8 Å². The van der Waals surface area contributed by atoms with Crippen LogP contribution in [0.4, 0.5) is 5.69 Å². The third-order valence-corrected chi connectivity index (χ3v) is 2.49. The molecule has 0 aliphatic carbocycles. The van der Waals surface area contributed by atoms with Crippen LogP contribution in [0, 0.1) is 6.92 Å². The molecular weight excluding hydrogens is 216 g/mol. The second-order valence-electron chi connectivity index (χ2n) is 3.73. The van der Waals surface area contributed by atoms with Crippen LogP contribution < -0.4 is 5.73 Å². The van der Waals surface area contributed by atoms with Crippen LogP contribution in [0.15, 0.2) is 30.6 Å². The average Bonchev–Trinajstić information content (AvgIpc) is 2.72. The van der Waals surface area contributed by atoms with Gasteiger partial charge >= 0.3 is 0 Å². The number of nitrogen functional groups attached to an aromatic ring is 1. The molecule has 0 spiro atoms. The zero-order valence-electron chi connectivity index (χ0n) is 9.20. The number of anilines is 1. The number of hydrogen-bond acceptors (Lipinski definition) is 5. The molecule has 84 valence electrons. The minimum Gasteiger partial charge on any atom is -0.397 e. The Bertz CT molecular complexity index is 687. The molecule has 0 saturated carbocycles. The van der Waals surface area contributed by atoms with Crippen molar-refractivity contribution in [3.05, 3.63) is 36.3 Å². The van der Waals surface area contributed by atoms with Gasteiger partial charge in [0.1, 0.15) is 0 Å². The number of hydrogen-bond donors (Lipinski definition) is 1. The number of rotatable bonds is 1. The van der Waals surface area contributed by atoms with E-state index in [1.54, 1.807) is 23.0 Å². The molecule has 0 amide bonds. The van der Waals surface area contributed by atoms with Crippen molar-refractivity contribution in [3.8, 4) is 11.4 Å². The normalized spacial score (nSPS) is 10.9. The zero-order valence-corrected chi connectivity index (χ0v) is 9.20. The summed E-state index contributed by atoms with van der Waals surface area (Å²) in [6.45, 7) is 1.92. The van der Waals surface area contributed by atoms with Gasteiger partial charge in [0.2, 0.25) is 0 Å². The Labute approximate surface area is 97.1 Å². The molecule has 0 aromatic carbocycles. The third-order valence-electron chi connectivity index (χ3n) is 2.49. The van der Waals surface area contributed by atoms with Crippen molar-refractivity contribution in [3.63, 3.8) is 0 Å². The van der Waals surface area contributed by atoms with Gasteiger partial charge < -0.3 is 5.73 Å². The molecule has 0 radical (unpaired) electrons. The third kappa shape index (κ3) is 1.50. The van der Waals surface area contributed by atoms with E-state index in [2.05, 4.69) is 20.3 Å². The average molecular weight is 226 g/mol. The maximum absolute atomic E-state index is 5.87. The van der Waals surface area contributed by atoms with Crippen LogP contribution in [0.25, 0.3) is 17.0 Å². The fourth-order valence-corrected chi connectivity index (χ4v) is 1.66. The molecular formula is C11H10N6. The van der Waals surface area contributed by atoms with Gasteiger partial charge in [-0.3, -0.25) is 4.98 Å². The first-order valence-corrected chi connectivity index (χ1v) is 5.14. The number of nitrogens with zero attached hydrogens (tertiary/aromatic N) is 5. The maximum atomic E-state index is 5.87. The Morgan fingerprint density at radius 2 is 2.06 bits per heavy atom. The summed E-state index contributed by atoms with van der Waals surface area (Å²) in [5.74, 6) is 0.628. The summed E-state index contributed by atoms with van der Waals surface area (Å²) in [7, 11) is 0. The molecule has 6 nitrogen and oxygen atoms in total. The lowest BCUT2D eigenvalue weighted by Crippen LogP contribution is -1.99. The van der Waals surface area contributed by atoms with E-state index >= 15 is 0 Å². The lowest BCUT2D eigenvalue weighted by atomic mass is 10.2. The number of pyridine rings is 1. The van der Waals surface area contributed by atoms with E-state index in [1.807, 2.05) is 19.1 Å². The standard InChI is InChI=1S/C11H10N6/c1-7-2-3-10-14-15-11(17(10)16-7)8-4-5-13-6-9(8)12/h2-6H,12H2,1H3. The van der Waals surface area contributed by atoms with Gasteiger partial charge in [-0.15, -0.1) is 10.2 Å². The van der Waals surface area contributed by atoms with Crippen molar-refractivity contribution < 1.29 is 0 Å². The van der Waals surface area contributed by atoms with E-state index < -0.39 is 0 Å². The van der Waals surface area contributed by atoms with Crippen molar-refractivity contribution in [2.45, 2.75) is 6.92 Å². The molecule has 2 N–H and O–H groups in total. The monoisotopic (exact) mass is 226 g/mol. The molecule has 0 atom stereocenters. The number of aryl methyl sites for hydroxylation is 1. The van der Waals surface area contributed by atoms with Gasteiger partial charge in [-0.25, -0.2) is 0 Å². The van der Waals surface area contributed by atoms with E-state index in [0.717, 1.165) is 11.3 Å². The van der Waals surface area contributed by atoms with Crippen LogP contribution in [-0.4, -0.2) is 24.8 Å². The zero-order chi connectivity index (χ0) is 11.8. The minimum atomic E-state index is 0.560. The summed E-state index contributed by atoms with van der Waals surface area (Å²) in [4.78, 5) is 3.95. The number of aromatic nitrogens is 5. The van der Waals surface area contributed by atoms with Crippen molar-refractivity contribution >= 4 is 11.3 Å². The Morgan fingerprint density at radius 3 is 2.88 bits per heavy atom. The molecule has 0 aliphatic heterocycles. The molecule has 6 heteroatoms. The highest BCUT2D eigenvalue weighted by molar-refractivity contribution is 5.71. The minimum absolute atomic E-state index is 0.560. The first-order chi connectivity index (χ1) is 8.25. The lowest BCUT2D eigenvalue weighted by Gasteiger charge is -2.02. The second-order valence-corrected chi connectivity index (χ2v) is 3.73. The molecule has 0 unspecified atom stereocenters. The Balaban J connectivity index is 2.31. The van der Waals surface area contributed by atoms with E-state index in [4.69, 9.17) is 5.73 Å². The summed E-state index contributed by atoms with van der Waals surface area (Å²) >= 11 is 0. The largest absolute Gasteiger partial charge is 0.397 e. The van der Waals surface area contributed by atoms with Crippen molar-refractivity contribution in [1.29, 1.82) is 0 Å². The predicted molar refractivity (Wildman–Crippen MR) is 63.2 cm³/mol. The Morgan fingerprint density at radius 1 is 1.18 bits per heavy atom. The van der Waals surface area contributed by atoms with Crippen molar-refractivity contribution in [2.75, 3.05) is 5.73 Å². The van der Waals surface area contributed by atoms with E-state index in [0.29, 0.717) is 17.2 Å². The van der Waals surface area contributed by atoms with Crippen molar-refractivity contribution in [2.24, 2.45) is 0 Å². The van der Waals surface area contributed by atoms with Gasteiger partial charge in [-0.1, -0.05) is 0 Å².